The van der Waals surface area contributed by atoms with Crippen LogP contribution in [0.3, 0.4) is 0 Å². The van der Waals surface area contributed by atoms with E-state index in [0.717, 1.165) is 16.7 Å². The molecule has 0 aliphatic carbocycles. The number of aryl methyl sites for hydroxylation is 3. The fourth-order valence-electron chi connectivity index (χ4n) is 2.75. The van der Waals surface area contributed by atoms with Gasteiger partial charge >= 0.3 is 0 Å². The monoisotopic (exact) mass is 394 g/mol. The number of hydrogen-bond donors (Lipinski definition) is 2. The minimum Gasteiger partial charge on any atom is -0.322 e. The highest BCUT2D eigenvalue weighted by Gasteiger charge is 2.19. The molecule has 0 saturated carbocycles. The molecule has 0 bridgehead atoms. The van der Waals surface area contributed by atoms with E-state index >= 15 is 0 Å². The van der Waals surface area contributed by atoms with Crippen LogP contribution in [0.5, 0.6) is 0 Å². The van der Waals surface area contributed by atoms with E-state index in [-0.39, 0.29) is 22.1 Å². The van der Waals surface area contributed by atoms with Gasteiger partial charge in [-0.2, -0.15) is 0 Å². The number of nitrogens with one attached hydrogen (secondary N) is 2. The lowest BCUT2D eigenvalue weighted by Gasteiger charge is -2.14. The summed E-state index contributed by atoms with van der Waals surface area (Å²) in [5.74, 6) is -0.379. The lowest BCUT2D eigenvalue weighted by atomic mass is 10.1. The molecule has 1 amide bonds. The molecule has 28 heavy (non-hydrogen) atoms. The van der Waals surface area contributed by atoms with Gasteiger partial charge in [0.1, 0.15) is 0 Å². The van der Waals surface area contributed by atoms with Gasteiger partial charge in [0.2, 0.25) is 0 Å². The Labute approximate surface area is 165 Å². The molecule has 0 aliphatic heterocycles. The SMILES string of the molecule is Cc1ccc(S(=O)(=O)Nc2ccccc2C(=O)Nc2cc(C)ccc2C)cc1. The molecule has 2 N–H and O–H groups in total. The van der Waals surface area contributed by atoms with Crippen LogP contribution in [0.25, 0.3) is 0 Å². The number of amides is 1. The van der Waals surface area contributed by atoms with Crippen molar-refractivity contribution < 1.29 is 13.2 Å². The second-order valence-electron chi connectivity index (χ2n) is 6.74. The third-order valence-electron chi connectivity index (χ3n) is 4.39. The smallest absolute Gasteiger partial charge is 0.261 e. The lowest BCUT2D eigenvalue weighted by molar-refractivity contribution is 0.102. The van der Waals surface area contributed by atoms with Crippen molar-refractivity contribution in [3.05, 3.63) is 89.0 Å². The summed E-state index contributed by atoms with van der Waals surface area (Å²) >= 11 is 0. The predicted octanol–water partition coefficient (Wildman–Crippen LogP) is 4.66. The van der Waals surface area contributed by atoms with Crippen LogP contribution < -0.4 is 10.0 Å². The molecule has 5 nitrogen and oxygen atoms in total. The Morgan fingerprint density at radius 1 is 0.786 bits per heavy atom. The van der Waals surface area contributed by atoms with Crippen molar-refractivity contribution in [1.82, 2.24) is 0 Å². The van der Waals surface area contributed by atoms with Crippen molar-refractivity contribution in [1.29, 1.82) is 0 Å². The fourth-order valence-corrected chi connectivity index (χ4v) is 3.83. The Hall–Kier alpha value is -3.12. The van der Waals surface area contributed by atoms with E-state index in [1.54, 1.807) is 36.4 Å². The highest BCUT2D eigenvalue weighted by molar-refractivity contribution is 7.92. The molecule has 0 fully saturated rings. The van der Waals surface area contributed by atoms with E-state index in [4.69, 9.17) is 0 Å². The van der Waals surface area contributed by atoms with Crippen LogP contribution in [0.4, 0.5) is 11.4 Å². The number of benzene rings is 3. The van der Waals surface area contributed by atoms with Crippen LogP contribution in [0.1, 0.15) is 27.0 Å². The van der Waals surface area contributed by atoms with E-state index in [9.17, 15) is 13.2 Å². The number of carbonyl (C=O) groups excluding carboxylic acids is 1. The summed E-state index contributed by atoms with van der Waals surface area (Å²) in [7, 11) is -3.80. The normalized spacial score (nSPS) is 11.1. The molecule has 0 heterocycles. The standard InChI is InChI=1S/C22H22N2O3S/c1-15-9-12-18(13-10-15)28(26,27)24-20-7-5-4-6-19(20)22(25)23-21-14-16(2)8-11-17(21)3/h4-14,24H,1-3H3,(H,23,25). The van der Waals surface area contributed by atoms with Gasteiger partial charge in [0.25, 0.3) is 15.9 Å². The lowest BCUT2D eigenvalue weighted by Crippen LogP contribution is -2.19. The van der Waals surface area contributed by atoms with Crippen molar-refractivity contribution in [2.45, 2.75) is 25.7 Å². The number of hydrogen-bond acceptors (Lipinski definition) is 3. The molecular weight excluding hydrogens is 372 g/mol. The minimum atomic E-state index is -3.80. The number of sulfonamides is 1. The van der Waals surface area contributed by atoms with E-state index in [1.807, 2.05) is 39.0 Å². The number of carbonyl (C=O) groups is 1. The first-order chi connectivity index (χ1) is 13.3. The Morgan fingerprint density at radius 3 is 2.14 bits per heavy atom. The zero-order valence-corrected chi connectivity index (χ0v) is 16.8. The van der Waals surface area contributed by atoms with E-state index in [1.165, 1.54) is 12.1 Å². The summed E-state index contributed by atoms with van der Waals surface area (Å²) < 4.78 is 27.9. The second kappa shape index (κ2) is 7.86. The molecule has 3 rings (SSSR count). The molecule has 3 aromatic rings. The average Bonchev–Trinajstić information content (AvgIpc) is 2.65. The third-order valence-corrected chi connectivity index (χ3v) is 5.77. The van der Waals surface area contributed by atoms with Crippen molar-refractivity contribution in [2.24, 2.45) is 0 Å². The molecular formula is C22H22N2O3S. The predicted molar refractivity (Wildman–Crippen MR) is 112 cm³/mol. The summed E-state index contributed by atoms with van der Waals surface area (Å²) in [6, 6.07) is 18.9. The zero-order chi connectivity index (χ0) is 20.3. The molecule has 144 valence electrons. The van der Waals surface area contributed by atoms with Gasteiger partial charge in [0.05, 0.1) is 16.1 Å². The van der Waals surface area contributed by atoms with E-state index in [0.29, 0.717) is 5.69 Å². The van der Waals surface area contributed by atoms with Crippen LogP contribution in [0.2, 0.25) is 0 Å². The van der Waals surface area contributed by atoms with E-state index in [2.05, 4.69) is 10.0 Å². The van der Waals surface area contributed by atoms with Gasteiger partial charge in [-0.25, -0.2) is 8.42 Å². The maximum Gasteiger partial charge on any atom is 0.261 e. The van der Waals surface area contributed by atoms with Crippen LogP contribution >= 0.6 is 0 Å². The highest BCUT2D eigenvalue weighted by atomic mass is 32.2. The van der Waals surface area contributed by atoms with E-state index < -0.39 is 10.0 Å². The summed E-state index contributed by atoms with van der Waals surface area (Å²) in [5, 5.41) is 2.87. The fraction of sp³-hybridized carbons (Fsp3) is 0.136. The summed E-state index contributed by atoms with van der Waals surface area (Å²) in [6.45, 7) is 5.73. The maximum absolute atomic E-state index is 12.8. The first-order valence-electron chi connectivity index (χ1n) is 8.83. The van der Waals surface area contributed by atoms with Gasteiger partial charge in [-0.1, -0.05) is 42.0 Å². The van der Waals surface area contributed by atoms with Crippen molar-refractivity contribution >= 4 is 27.3 Å². The van der Waals surface area contributed by atoms with Crippen LogP contribution in [-0.2, 0) is 10.0 Å². The molecule has 6 heteroatoms. The van der Waals surface area contributed by atoms with Gasteiger partial charge in [-0.15, -0.1) is 0 Å². The Balaban J connectivity index is 1.89. The zero-order valence-electron chi connectivity index (χ0n) is 16.0. The van der Waals surface area contributed by atoms with Crippen molar-refractivity contribution in [3.63, 3.8) is 0 Å². The number of para-hydroxylation sites is 1. The van der Waals surface area contributed by atoms with Gasteiger partial charge in [0.15, 0.2) is 0 Å². The molecule has 0 saturated heterocycles. The molecule has 0 aromatic heterocycles. The highest BCUT2D eigenvalue weighted by Crippen LogP contribution is 2.23. The Kier molecular flexibility index (Phi) is 5.51. The van der Waals surface area contributed by atoms with Gasteiger partial charge < -0.3 is 5.32 Å². The average molecular weight is 394 g/mol. The van der Waals surface area contributed by atoms with Crippen molar-refractivity contribution in [3.8, 4) is 0 Å². The molecule has 0 spiro atoms. The first-order valence-corrected chi connectivity index (χ1v) is 10.3. The number of anilines is 2. The molecule has 0 aliphatic rings. The maximum atomic E-state index is 12.8. The third kappa shape index (κ3) is 4.40. The quantitative estimate of drug-likeness (QED) is 0.661. The van der Waals surface area contributed by atoms with Gasteiger partial charge in [-0.05, 0) is 62.2 Å². The summed E-state index contributed by atoms with van der Waals surface area (Å²) in [5.41, 5.74) is 4.09. The van der Waals surface area contributed by atoms with Gasteiger partial charge in [-0.3, -0.25) is 9.52 Å². The van der Waals surface area contributed by atoms with Crippen LogP contribution in [0.15, 0.2) is 71.6 Å². The molecule has 3 aromatic carbocycles. The second-order valence-corrected chi connectivity index (χ2v) is 8.42. The molecule has 0 unspecified atom stereocenters. The largest absolute Gasteiger partial charge is 0.322 e. The van der Waals surface area contributed by atoms with Gasteiger partial charge in [0, 0.05) is 5.69 Å². The summed E-state index contributed by atoms with van der Waals surface area (Å²) in [6.07, 6.45) is 0. The summed E-state index contributed by atoms with van der Waals surface area (Å²) in [4.78, 5) is 13.0. The Bertz CT molecular complexity index is 1120. The topological polar surface area (TPSA) is 75.3 Å². The first kappa shape index (κ1) is 19.6. The van der Waals surface area contributed by atoms with Crippen molar-refractivity contribution in [2.75, 3.05) is 10.0 Å². The molecule has 0 radical (unpaired) electrons. The Morgan fingerprint density at radius 2 is 1.43 bits per heavy atom. The van der Waals surface area contributed by atoms with Crippen LogP contribution in [0, 0.1) is 20.8 Å². The van der Waals surface area contributed by atoms with Crippen LogP contribution in [-0.4, -0.2) is 14.3 Å². The minimum absolute atomic E-state index is 0.142. The molecule has 0 atom stereocenters. The number of rotatable bonds is 5.